The number of rotatable bonds is 0. The van der Waals surface area contributed by atoms with Gasteiger partial charge < -0.3 is 4.74 Å². The predicted molar refractivity (Wildman–Crippen MR) is 94.0 cm³/mol. The van der Waals surface area contributed by atoms with E-state index in [0.29, 0.717) is 0 Å². The third-order valence-electron chi connectivity index (χ3n) is 3.13. The van der Waals surface area contributed by atoms with Crippen LogP contribution in [0.25, 0.3) is 0 Å². The Balaban J connectivity index is 2.55. The van der Waals surface area contributed by atoms with Gasteiger partial charge in [0, 0.05) is 31.1 Å². The molecule has 0 aliphatic carbocycles. The van der Waals surface area contributed by atoms with Crippen LogP contribution >= 0.6 is 34.9 Å². The van der Waals surface area contributed by atoms with Crippen molar-refractivity contribution < 1.29 is 4.74 Å². The smallest absolute Gasteiger partial charge is 0.0560 e. The summed E-state index contributed by atoms with van der Waals surface area (Å²) in [4.78, 5) is 6.17. The molecule has 1 aromatic heterocycles. The van der Waals surface area contributed by atoms with Crippen molar-refractivity contribution in [2.24, 2.45) is 0 Å². The average molecular weight is 331 g/mol. The molecule has 0 radical (unpaired) electrons. The lowest BCUT2D eigenvalue weighted by Crippen LogP contribution is -2.10. The molecule has 0 saturated heterocycles. The van der Waals surface area contributed by atoms with E-state index >= 15 is 0 Å². The van der Waals surface area contributed by atoms with Gasteiger partial charge in [0.1, 0.15) is 0 Å². The van der Waals surface area contributed by atoms with Gasteiger partial charge in [0.2, 0.25) is 0 Å². The van der Waals surface area contributed by atoms with Gasteiger partial charge in [0.25, 0.3) is 0 Å². The molecule has 0 N–H and O–H groups in total. The summed E-state index contributed by atoms with van der Waals surface area (Å²) < 4.78 is 5.67. The van der Waals surface area contributed by atoms with E-state index < -0.39 is 0 Å². The molecule has 0 aromatic carbocycles. The lowest BCUT2D eigenvalue weighted by Gasteiger charge is -2.19. The molecule has 4 heteroatoms. The van der Waals surface area contributed by atoms with E-state index in [2.05, 4.69) is 41.5 Å². The number of hydrogen-bond donors (Lipinski definition) is 0. The van der Waals surface area contributed by atoms with Crippen LogP contribution in [0, 0.1) is 0 Å². The van der Waals surface area contributed by atoms with E-state index in [9.17, 15) is 0 Å². The maximum absolute atomic E-state index is 5.67. The summed E-state index contributed by atoms with van der Waals surface area (Å²) in [6.07, 6.45) is 0. The second kappa shape index (κ2) is 6.23. The summed E-state index contributed by atoms with van der Waals surface area (Å²) in [5.41, 5.74) is 0.446. The molecular weight excluding hydrogens is 304 g/mol. The first-order valence-corrected chi connectivity index (χ1v) is 10.0. The Labute approximate surface area is 136 Å². The summed E-state index contributed by atoms with van der Waals surface area (Å²) >= 11 is 6.01. The van der Waals surface area contributed by atoms with Crippen molar-refractivity contribution in [3.8, 4) is 0 Å². The molecular formula is C16H26OS3. The van der Waals surface area contributed by atoms with E-state index in [0.717, 1.165) is 24.7 Å². The molecule has 0 atom stereocenters. The van der Waals surface area contributed by atoms with E-state index in [1.807, 2.05) is 34.9 Å². The zero-order valence-electron chi connectivity index (χ0n) is 13.5. The Bertz CT molecular complexity index is 423. The molecule has 1 aromatic rings. The van der Waals surface area contributed by atoms with Crippen molar-refractivity contribution in [2.75, 3.05) is 24.7 Å². The predicted octanol–water partition coefficient (Wildman–Crippen LogP) is 5.56. The molecule has 0 bridgehead atoms. The van der Waals surface area contributed by atoms with Gasteiger partial charge in [-0.1, -0.05) is 41.5 Å². The topological polar surface area (TPSA) is 9.23 Å². The van der Waals surface area contributed by atoms with Gasteiger partial charge >= 0.3 is 0 Å². The maximum atomic E-state index is 5.67. The summed E-state index contributed by atoms with van der Waals surface area (Å²) in [5.74, 6) is 2.13. The molecule has 2 rings (SSSR count). The molecule has 1 aliphatic rings. The van der Waals surface area contributed by atoms with Crippen LogP contribution in [-0.4, -0.2) is 24.7 Å². The number of fused-ring (bicyclic) bond motifs is 1. The van der Waals surface area contributed by atoms with Crippen molar-refractivity contribution in [1.82, 2.24) is 0 Å². The molecule has 0 amide bonds. The van der Waals surface area contributed by atoms with Crippen LogP contribution in [0.15, 0.2) is 9.79 Å². The Morgan fingerprint density at radius 1 is 0.750 bits per heavy atom. The molecule has 1 nitrogen and oxygen atoms in total. The standard InChI is InChI=1S/C16H26OS3/c1-15(2,3)13-11-12(14(20-13)16(4,5)6)19-10-8-17-7-9-18-11/h7-10H2,1-6H3. The third-order valence-corrected chi connectivity index (χ3v) is 7.70. The summed E-state index contributed by atoms with van der Waals surface area (Å²) in [6.45, 7) is 15.7. The second-order valence-electron chi connectivity index (χ2n) is 7.23. The molecule has 2 heterocycles. The highest BCUT2D eigenvalue weighted by molar-refractivity contribution is 8.02. The number of thiophene rings is 1. The Hall–Kier alpha value is 0.360. The van der Waals surface area contributed by atoms with Crippen molar-refractivity contribution in [3.63, 3.8) is 0 Å². The zero-order valence-corrected chi connectivity index (χ0v) is 15.9. The van der Waals surface area contributed by atoms with Crippen LogP contribution in [0.4, 0.5) is 0 Å². The fourth-order valence-electron chi connectivity index (χ4n) is 2.16. The van der Waals surface area contributed by atoms with Crippen LogP contribution in [0.5, 0.6) is 0 Å². The van der Waals surface area contributed by atoms with Crippen molar-refractivity contribution in [2.45, 2.75) is 62.2 Å². The lowest BCUT2D eigenvalue weighted by molar-refractivity contribution is 0.167. The fraction of sp³-hybridized carbons (Fsp3) is 0.750. The van der Waals surface area contributed by atoms with Gasteiger partial charge in [-0.2, -0.15) is 0 Å². The summed E-state index contributed by atoms with van der Waals surface area (Å²) in [5, 5.41) is 0. The van der Waals surface area contributed by atoms with Gasteiger partial charge in [-0.05, 0) is 10.8 Å². The summed E-state index contributed by atoms with van der Waals surface area (Å²) in [7, 11) is 0. The van der Waals surface area contributed by atoms with E-state index in [4.69, 9.17) is 4.74 Å². The summed E-state index contributed by atoms with van der Waals surface area (Å²) in [6, 6.07) is 0. The minimum atomic E-state index is 0.223. The third kappa shape index (κ3) is 3.76. The maximum Gasteiger partial charge on any atom is 0.0560 e. The van der Waals surface area contributed by atoms with Crippen molar-refractivity contribution in [3.05, 3.63) is 9.75 Å². The van der Waals surface area contributed by atoms with Crippen LogP contribution in [0.3, 0.4) is 0 Å². The van der Waals surface area contributed by atoms with Crippen LogP contribution < -0.4 is 0 Å². The largest absolute Gasteiger partial charge is 0.380 e. The van der Waals surface area contributed by atoms with E-state index in [1.165, 1.54) is 9.79 Å². The van der Waals surface area contributed by atoms with Gasteiger partial charge in [0.15, 0.2) is 0 Å². The van der Waals surface area contributed by atoms with Crippen molar-refractivity contribution in [1.29, 1.82) is 0 Å². The SMILES string of the molecule is CC(C)(C)c1sc(C(C)(C)C)c2c1SCCOCCS2. The van der Waals surface area contributed by atoms with Crippen LogP contribution in [-0.2, 0) is 15.6 Å². The minimum Gasteiger partial charge on any atom is -0.380 e. The normalized spacial score (nSPS) is 18.1. The van der Waals surface area contributed by atoms with Crippen molar-refractivity contribution >= 4 is 34.9 Å². The Morgan fingerprint density at radius 2 is 1.15 bits per heavy atom. The van der Waals surface area contributed by atoms with Gasteiger partial charge in [-0.15, -0.1) is 34.9 Å². The average Bonchev–Trinajstić information content (AvgIpc) is 2.67. The highest BCUT2D eigenvalue weighted by Gasteiger charge is 2.31. The van der Waals surface area contributed by atoms with E-state index in [-0.39, 0.29) is 10.8 Å². The Morgan fingerprint density at radius 3 is 1.50 bits per heavy atom. The second-order valence-corrected chi connectivity index (χ2v) is 10.5. The molecule has 0 saturated carbocycles. The molecule has 1 aliphatic heterocycles. The fourth-order valence-corrected chi connectivity index (χ4v) is 6.60. The lowest BCUT2D eigenvalue weighted by atomic mass is 9.93. The number of hydrogen-bond acceptors (Lipinski definition) is 4. The molecule has 0 fully saturated rings. The van der Waals surface area contributed by atoms with E-state index in [1.54, 1.807) is 9.75 Å². The Kier molecular flexibility index (Phi) is 5.21. The molecule has 0 spiro atoms. The van der Waals surface area contributed by atoms with Gasteiger partial charge in [-0.25, -0.2) is 0 Å². The highest BCUT2D eigenvalue weighted by atomic mass is 32.2. The number of ether oxygens (including phenoxy) is 1. The molecule has 20 heavy (non-hydrogen) atoms. The molecule has 114 valence electrons. The van der Waals surface area contributed by atoms with Gasteiger partial charge in [0.05, 0.1) is 13.2 Å². The van der Waals surface area contributed by atoms with Crippen LogP contribution in [0.1, 0.15) is 51.3 Å². The molecule has 0 unspecified atom stereocenters. The first-order valence-electron chi connectivity index (χ1n) is 7.22. The number of thioether (sulfide) groups is 2. The monoisotopic (exact) mass is 330 g/mol. The zero-order chi connectivity index (χ0) is 15.0. The first kappa shape index (κ1) is 16.7. The highest BCUT2D eigenvalue weighted by Crippen LogP contribution is 2.50. The minimum absolute atomic E-state index is 0.223. The van der Waals surface area contributed by atoms with Gasteiger partial charge in [-0.3, -0.25) is 0 Å². The first-order chi connectivity index (χ1) is 9.21. The quantitative estimate of drug-likeness (QED) is 0.616. The van der Waals surface area contributed by atoms with Crippen LogP contribution in [0.2, 0.25) is 0 Å².